The molecule has 2 unspecified atom stereocenters. The first-order chi connectivity index (χ1) is 9.24. The van der Waals surface area contributed by atoms with E-state index in [1.165, 1.54) is 32.9 Å². The van der Waals surface area contributed by atoms with Crippen LogP contribution in [0.3, 0.4) is 0 Å². The minimum Gasteiger partial charge on any atom is -0.468 e. The van der Waals surface area contributed by atoms with Gasteiger partial charge in [0.2, 0.25) is 0 Å². The van der Waals surface area contributed by atoms with Crippen LogP contribution < -0.4 is 5.32 Å². The molecule has 2 heterocycles. The summed E-state index contributed by atoms with van der Waals surface area (Å²) >= 11 is 0. The number of nitrogens with one attached hydrogen (secondary N) is 1. The van der Waals surface area contributed by atoms with Crippen LogP contribution >= 0.6 is 0 Å². The molecule has 0 saturated carbocycles. The Balaban J connectivity index is 1.85. The van der Waals surface area contributed by atoms with Gasteiger partial charge in [-0.3, -0.25) is 14.6 Å². The van der Waals surface area contributed by atoms with Crippen LogP contribution in [0.25, 0.3) is 0 Å². The Hall–Kier alpha value is -0.650. The number of hydrogen-bond acceptors (Lipinski definition) is 5. The van der Waals surface area contributed by atoms with Crippen LogP contribution in [-0.2, 0) is 9.53 Å². The molecule has 0 aromatic rings. The standard InChI is InChI=1S/C14H27N3O2/c1-3-15-13(14(18)19-2)11-16-8-9-17-7-5-4-6-12(17)10-16/h12-13,15H,3-11H2,1-2H3. The van der Waals surface area contributed by atoms with Crippen LogP contribution in [0.5, 0.6) is 0 Å². The fourth-order valence-electron chi connectivity index (χ4n) is 3.26. The van der Waals surface area contributed by atoms with Gasteiger partial charge in [-0.1, -0.05) is 13.3 Å². The predicted octanol–water partition coefficient (Wildman–Crippen LogP) is 0.308. The minimum atomic E-state index is -0.190. The fraction of sp³-hybridized carbons (Fsp3) is 0.929. The number of piperazine rings is 1. The highest BCUT2D eigenvalue weighted by Gasteiger charge is 2.31. The van der Waals surface area contributed by atoms with Gasteiger partial charge < -0.3 is 10.1 Å². The number of piperidine rings is 1. The average molecular weight is 269 g/mol. The zero-order chi connectivity index (χ0) is 13.7. The number of fused-ring (bicyclic) bond motifs is 1. The van der Waals surface area contributed by atoms with E-state index < -0.39 is 0 Å². The lowest BCUT2D eigenvalue weighted by Crippen LogP contribution is -2.58. The maximum absolute atomic E-state index is 11.7. The normalized spacial score (nSPS) is 26.7. The zero-order valence-electron chi connectivity index (χ0n) is 12.2. The topological polar surface area (TPSA) is 44.8 Å². The van der Waals surface area contributed by atoms with E-state index in [0.717, 1.165) is 32.7 Å². The number of esters is 1. The van der Waals surface area contributed by atoms with Gasteiger partial charge in [0.15, 0.2) is 0 Å². The largest absolute Gasteiger partial charge is 0.468 e. The second-order valence-corrected chi connectivity index (χ2v) is 5.58. The summed E-state index contributed by atoms with van der Waals surface area (Å²) in [6.45, 7) is 8.15. The molecule has 0 aromatic heterocycles. The molecule has 110 valence electrons. The quantitative estimate of drug-likeness (QED) is 0.728. The van der Waals surface area contributed by atoms with Crippen molar-refractivity contribution >= 4 is 5.97 Å². The second kappa shape index (κ2) is 7.22. The number of nitrogens with zero attached hydrogens (tertiary/aromatic N) is 2. The lowest BCUT2D eigenvalue weighted by molar-refractivity contribution is -0.143. The molecule has 2 fully saturated rings. The summed E-state index contributed by atoms with van der Waals surface area (Å²) in [6, 6.07) is 0.507. The van der Waals surface area contributed by atoms with Gasteiger partial charge in [0.1, 0.15) is 6.04 Å². The Morgan fingerprint density at radius 2 is 2.21 bits per heavy atom. The van der Waals surface area contributed by atoms with E-state index in [1.54, 1.807) is 0 Å². The van der Waals surface area contributed by atoms with Crippen LogP contribution in [0.1, 0.15) is 26.2 Å². The summed E-state index contributed by atoms with van der Waals surface area (Å²) in [5, 5.41) is 3.22. The average Bonchev–Trinajstić information content (AvgIpc) is 2.46. The van der Waals surface area contributed by atoms with E-state index in [9.17, 15) is 4.79 Å². The monoisotopic (exact) mass is 269 g/mol. The highest BCUT2D eigenvalue weighted by molar-refractivity contribution is 5.75. The molecule has 2 aliphatic rings. The molecule has 5 heteroatoms. The first-order valence-corrected chi connectivity index (χ1v) is 7.52. The van der Waals surface area contributed by atoms with Crippen molar-refractivity contribution in [2.45, 2.75) is 38.3 Å². The van der Waals surface area contributed by atoms with E-state index in [-0.39, 0.29) is 12.0 Å². The van der Waals surface area contributed by atoms with Crippen molar-refractivity contribution in [3.05, 3.63) is 0 Å². The Labute approximate surface area is 116 Å². The lowest BCUT2D eigenvalue weighted by Gasteiger charge is -2.44. The Bertz CT molecular complexity index is 298. The van der Waals surface area contributed by atoms with Crippen molar-refractivity contribution in [1.82, 2.24) is 15.1 Å². The molecule has 2 saturated heterocycles. The van der Waals surface area contributed by atoms with Gasteiger partial charge in [0.05, 0.1) is 7.11 Å². The summed E-state index contributed by atoms with van der Waals surface area (Å²) in [4.78, 5) is 16.8. The molecule has 19 heavy (non-hydrogen) atoms. The second-order valence-electron chi connectivity index (χ2n) is 5.58. The number of hydrogen-bond donors (Lipinski definition) is 1. The molecule has 2 rings (SSSR count). The first kappa shape index (κ1) is 14.8. The highest BCUT2D eigenvalue weighted by atomic mass is 16.5. The Kier molecular flexibility index (Phi) is 5.60. The van der Waals surface area contributed by atoms with Crippen molar-refractivity contribution in [1.29, 1.82) is 0 Å². The fourth-order valence-corrected chi connectivity index (χ4v) is 3.26. The molecule has 0 amide bonds. The van der Waals surface area contributed by atoms with Crippen LogP contribution in [0.2, 0.25) is 0 Å². The van der Waals surface area contributed by atoms with Gasteiger partial charge in [-0.25, -0.2) is 0 Å². The minimum absolute atomic E-state index is 0.145. The van der Waals surface area contributed by atoms with Crippen molar-refractivity contribution in [2.75, 3.05) is 46.4 Å². The molecule has 5 nitrogen and oxygen atoms in total. The molecule has 2 aliphatic heterocycles. The van der Waals surface area contributed by atoms with Crippen LogP contribution in [0, 0.1) is 0 Å². The summed E-state index contributed by atoms with van der Waals surface area (Å²) in [5.41, 5.74) is 0. The zero-order valence-corrected chi connectivity index (χ0v) is 12.2. The van der Waals surface area contributed by atoms with Gasteiger partial charge in [-0.2, -0.15) is 0 Å². The summed E-state index contributed by atoms with van der Waals surface area (Å²) in [7, 11) is 1.46. The molecule has 0 radical (unpaired) electrons. The number of ether oxygens (including phenoxy) is 1. The number of carbonyl (C=O) groups is 1. The molecular weight excluding hydrogens is 242 g/mol. The number of methoxy groups -OCH3 is 1. The predicted molar refractivity (Wildman–Crippen MR) is 75.1 cm³/mol. The molecular formula is C14H27N3O2. The smallest absolute Gasteiger partial charge is 0.324 e. The van der Waals surface area contributed by atoms with Gasteiger partial charge in [0.25, 0.3) is 0 Å². The van der Waals surface area contributed by atoms with E-state index in [1.807, 2.05) is 6.92 Å². The number of likely N-dealkylation sites (N-methyl/N-ethyl adjacent to an activating group) is 1. The Morgan fingerprint density at radius 3 is 2.95 bits per heavy atom. The Morgan fingerprint density at radius 1 is 1.37 bits per heavy atom. The van der Waals surface area contributed by atoms with E-state index >= 15 is 0 Å². The molecule has 0 bridgehead atoms. The molecule has 1 N–H and O–H groups in total. The molecule has 0 aromatic carbocycles. The third-order valence-corrected chi connectivity index (χ3v) is 4.30. The molecule has 2 atom stereocenters. The number of carbonyl (C=O) groups excluding carboxylic acids is 1. The lowest BCUT2D eigenvalue weighted by atomic mass is 9.99. The van der Waals surface area contributed by atoms with Crippen LogP contribution in [0.15, 0.2) is 0 Å². The third kappa shape index (κ3) is 3.91. The van der Waals surface area contributed by atoms with Crippen molar-refractivity contribution in [3.63, 3.8) is 0 Å². The van der Waals surface area contributed by atoms with Crippen molar-refractivity contribution in [3.8, 4) is 0 Å². The molecule has 0 spiro atoms. The van der Waals surface area contributed by atoms with Crippen molar-refractivity contribution in [2.24, 2.45) is 0 Å². The summed E-state index contributed by atoms with van der Waals surface area (Å²) < 4.78 is 4.87. The maximum Gasteiger partial charge on any atom is 0.324 e. The van der Waals surface area contributed by atoms with Crippen LogP contribution in [0.4, 0.5) is 0 Å². The van der Waals surface area contributed by atoms with Gasteiger partial charge in [-0.15, -0.1) is 0 Å². The third-order valence-electron chi connectivity index (χ3n) is 4.30. The molecule has 0 aliphatic carbocycles. The van der Waals surface area contributed by atoms with Crippen LogP contribution in [-0.4, -0.2) is 74.2 Å². The summed E-state index contributed by atoms with van der Waals surface area (Å²) in [6.07, 6.45) is 4.00. The summed E-state index contributed by atoms with van der Waals surface area (Å²) in [5.74, 6) is -0.145. The first-order valence-electron chi connectivity index (χ1n) is 7.52. The SMILES string of the molecule is CCNC(CN1CCN2CCCCC2C1)C(=O)OC. The van der Waals surface area contributed by atoms with Gasteiger partial charge in [-0.05, 0) is 25.9 Å². The van der Waals surface area contributed by atoms with E-state index in [2.05, 4.69) is 15.1 Å². The van der Waals surface area contributed by atoms with Crippen molar-refractivity contribution < 1.29 is 9.53 Å². The highest BCUT2D eigenvalue weighted by Crippen LogP contribution is 2.21. The maximum atomic E-state index is 11.7. The van der Waals surface area contributed by atoms with E-state index in [4.69, 9.17) is 4.74 Å². The number of rotatable bonds is 5. The van der Waals surface area contributed by atoms with Gasteiger partial charge in [0, 0.05) is 32.2 Å². The van der Waals surface area contributed by atoms with Gasteiger partial charge >= 0.3 is 5.97 Å². The van der Waals surface area contributed by atoms with E-state index in [0.29, 0.717) is 6.04 Å².